The van der Waals surface area contributed by atoms with Gasteiger partial charge in [0.25, 0.3) is 5.91 Å². The number of carbonyl (C=O) groups excluding carboxylic acids is 1. The van der Waals surface area contributed by atoms with E-state index in [1.54, 1.807) is 0 Å². The predicted octanol–water partition coefficient (Wildman–Crippen LogP) is 2.79. The second kappa shape index (κ2) is 8.98. The minimum absolute atomic E-state index is 0. The molecule has 0 aromatic heterocycles. The Bertz CT molecular complexity index is 399. The molecule has 20 heavy (non-hydrogen) atoms. The summed E-state index contributed by atoms with van der Waals surface area (Å²) < 4.78 is 0. The lowest BCUT2D eigenvalue weighted by Gasteiger charge is -2.22. The molecule has 1 unspecified atom stereocenters. The molecule has 0 saturated carbocycles. The molecule has 2 rings (SSSR count). The summed E-state index contributed by atoms with van der Waals surface area (Å²) in [5.41, 5.74) is 2.03. The van der Waals surface area contributed by atoms with Crippen LogP contribution in [0, 0.1) is 5.92 Å². The number of piperidine rings is 1. The van der Waals surface area contributed by atoms with E-state index in [0.29, 0.717) is 0 Å². The molecule has 1 aliphatic rings. The van der Waals surface area contributed by atoms with Gasteiger partial charge in [0.05, 0.1) is 0 Å². The fraction of sp³-hybridized carbons (Fsp3) is 0.562. The average Bonchev–Trinajstić information content (AvgIpc) is 2.48. The van der Waals surface area contributed by atoms with Crippen LogP contribution in [0.4, 0.5) is 0 Å². The van der Waals surface area contributed by atoms with Gasteiger partial charge in [0.2, 0.25) is 0 Å². The standard InChI is InChI=1S/C16H24N2O.ClH/c1-2-13-5-7-15(8-6-13)16(19)18-11-9-14-4-3-10-17-12-14;/h5-8,14,17H,2-4,9-12H2,1H3,(H,18,19);1H. The van der Waals surface area contributed by atoms with Crippen LogP contribution in [0.5, 0.6) is 0 Å². The number of aryl methyl sites for hydroxylation is 1. The molecule has 1 saturated heterocycles. The summed E-state index contributed by atoms with van der Waals surface area (Å²) in [6, 6.07) is 7.88. The monoisotopic (exact) mass is 296 g/mol. The van der Waals surface area contributed by atoms with Gasteiger partial charge in [-0.1, -0.05) is 19.1 Å². The van der Waals surface area contributed by atoms with E-state index in [4.69, 9.17) is 0 Å². The lowest BCUT2D eigenvalue weighted by molar-refractivity contribution is 0.0950. The van der Waals surface area contributed by atoms with E-state index in [9.17, 15) is 4.79 Å². The van der Waals surface area contributed by atoms with Gasteiger partial charge in [0.15, 0.2) is 0 Å². The Morgan fingerprint density at radius 2 is 2.10 bits per heavy atom. The number of rotatable bonds is 5. The second-order valence-corrected chi connectivity index (χ2v) is 5.31. The van der Waals surface area contributed by atoms with Gasteiger partial charge in [-0.05, 0) is 62.4 Å². The van der Waals surface area contributed by atoms with Crippen molar-refractivity contribution in [2.24, 2.45) is 5.92 Å². The number of amides is 1. The van der Waals surface area contributed by atoms with Gasteiger partial charge in [-0.3, -0.25) is 4.79 Å². The minimum atomic E-state index is 0. The van der Waals surface area contributed by atoms with Crippen molar-refractivity contribution in [3.8, 4) is 0 Å². The average molecular weight is 297 g/mol. The molecular formula is C16H25ClN2O. The lowest BCUT2D eigenvalue weighted by atomic mass is 9.96. The van der Waals surface area contributed by atoms with Crippen molar-refractivity contribution in [3.63, 3.8) is 0 Å². The Hall–Kier alpha value is -1.06. The zero-order chi connectivity index (χ0) is 13.5. The van der Waals surface area contributed by atoms with E-state index in [-0.39, 0.29) is 18.3 Å². The number of hydrogen-bond acceptors (Lipinski definition) is 2. The van der Waals surface area contributed by atoms with Crippen LogP contribution in [0.15, 0.2) is 24.3 Å². The van der Waals surface area contributed by atoms with E-state index in [2.05, 4.69) is 17.6 Å². The fourth-order valence-electron chi connectivity index (χ4n) is 2.55. The highest BCUT2D eigenvalue weighted by molar-refractivity contribution is 5.94. The van der Waals surface area contributed by atoms with Crippen molar-refractivity contribution in [1.82, 2.24) is 10.6 Å². The van der Waals surface area contributed by atoms with E-state index >= 15 is 0 Å². The first-order chi connectivity index (χ1) is 9.29. The van der Waals surface area contributed by atoms with Crippen molar-refractivity contribution < 1.29 is 4.79 Å². The normalized spacial score (nSPS) is 18.1. The van der Waals surface area contributed by atoms with Crippen molar-refractivity contribution in [1.29, 1.82) is 0 Å². The number of halogens is 1. The maximum Gasteiger partial charge on any atom is 0.251 e. The second-order valence-electron chi connectivity index (χ2n) is 5.31. The van der Waals surface area contributed by atoms with Gasteiger partial charge in [-0.15, -0.1) is 12.4 Å². The predicted molar refractivity (Wildman–Crippen MR) is 85.6 cm³/mol. The Labute approximate surface area is 127 Å². The summed E-state index contributed by atoms with van der Waals surface area (Å²) in [6.07, 6.45) is 4.63. The molecule has 0 radical (unpaired) electrons. The van der Waals surface area contributed by atoms with E-state index in [1.807, 2.05) is 24.3 Å². The summed E-state index contributed by atoms with van der Waals surface area (Å²) in [4.78, 5) is 12.0. The van der Waals surface area contributed by atoms with Crippen LogP contribution in [-0.2, 0) is 6.42 Å². The van der Waals surface area contributed by atoms with Crippen LogP contribution < -0.4 is 10.6 Å². The van der Waals surface area contributed by atoms with E-state index in [0.717, 1.165) is 44.0 Å². The Kier molecular flexibility index (Phi) is 7.63. The smallest absolute Gasteiger partial charge is 0.251 e. The molecule has 1 aliphatic heterocycles. The first-order valence-electron chi connectivity index (χ1n) is 7.37. The maximum atomic E-state index is 12.0. The van der Waals surface area contributed by atoms with Gasteiger partial charge in [-0.2, -0.15) is 0 Å². The molecule has 4 heteroatoms. The molecule has 1 fully saturated rings. The number of benzene rings is 1. The largest absolute Gasteiger partial charge is 0.352 e. The Balaban J connectivity index is 0.00000200. The SMILES string of the molecule is CCc1ccc(C(=O)NCCC2CCCNC2)cc1.Cl. The highest BCUT2D eigenvalue weighted by atomic mass is 35.5. The highest BCUT2D eigenvalue weighted by Crippen LogP contribution is 2.13. The summed E-state index contributed by atoms with van der Waals surface area (Å²) in [6.45, 7) is 5.14. The first-order valence-corrected chi connectivity index (χ1v) is 7.37. The zero-order valence-electron chi connectivity index (χ0n) is 12.2. The van der Waals surface area contributed by atoms with Gasteiger partial charge < -0.3 is 10.6 Å². The zero-order valence-corrected chi connectivity index (χ0v) is 13.0. The topological polar surface area (TPSA) is 41.1 Å². The van der Waals surface area contributed by atoms with Crippen molar-refractivity contribution in [2.45, 2.75) is 32.6 Å². The molecule has 3 nitrogen and oxygen atoms in total. The Morgan fingerprint density at radius 1 is 1.35 bits per heavy atom. The van der Waals surface area contributed by atoms with Crippen LogP contribution in [-0.4, -0.2) is 25.5 Å². The molecule has 2 N–H and O–H groups in total. The molecular weight excluding hydrogens is 272 g/mol. The van der Waals surface area contributed by atoms with Crippen LogP contribution in [0.25, 0.3) is 0 Å². The fourth-order valence-corrected chi connectivity index (χ4v) is 2.55. The van der Waals surface area contributed by atoms with Crippen LogP contribution in [0.2, 0.25) is 0 Å². The molecule has 112 valence electrons. The van der Waals surface area contributed by atoms with Crippen LogP contribution >= 0.6 is 12.4 Å². The molecule has 1 aromatic rings. The van der Waals surface area contributed by atoms with Crippen molar-refractivity contribution in [3.05, 3.63) is 35.4 Å². The van der Waals surface area contributed by atoms with E-state index in [1.165, 1.54) is 18.4 Å². The third kappa shape index (κ3) is 5.14. The summed E-state index contributed by atoms with van der Waals surface area (Å²) in [7, 11) is 0. The molecule has 0 spiro atoms. The molecule has 1 amide bonds. The lowest BCUT2D eigenvalue weighted by Crippen LogP contribution is -2.33. The summed E-state index contributed by atoms with van der Waals surface area (Å²) in [5, 5.41) is 6.42. The highest BCUT2D eigenvalue weighted by Gasteiger charge is 2.13. The summed E-state index contributed by atoms with van der Waals surface area (Å²) >= 11 is 0. The quantitative estimate of drug-likeness (QED) is 0.877. The van der Waals surface area contributed by atoms with Crippen molar-refractivity contribution >= 4 is 18.3 Å². The molecule has 0 aliphatic carbocycles. The van der Waals surface area contributed by atoms with Crippen LogP contribution in [0.1, 0.15) is 42.1 Å². The number of nitrogens with one attached hydrogen (secondary N) is 2. The molecule has 0 bridgehead atoms. The molecule has 1 aromatic carbocycles. The minimum Gasteiger partial charge on any atom is -0.352 e. The summed E-state index contributed by atoms with van der Waals surface area (Å²) in [5.74, 6) is 0.767. The van der Waals surface area contributed by atoms with Crippen molar-refractivity contribution in [2.75, 3.05) is 19.6 Å². The molecule has 1 atom stereocenters. The van der Waals surface area contributed by atoms with Crippen LogP contribution in [0.3, 0.4) is 0 Å². The first kappa shape index (κ1) is 17.0. The molecule has 1 heterocycles. The van der Waals surface area contributed by atoms with Gasteiger partial charge in [-0.25, -0.2) is 0 Å². The third-order valence-corrected chi connectivity index (χ3v) is 3.86. The van der Waals surface area contributed by atoms with Gasteiger partial charge in [0, 0.05) is 12.1 Å². The third-order valence-electron chi connectivity index (χ3n) is 3.86. The van der Waals surface area contributed by atoms with Gasteiger partial charge in [0.1, 0.15) is 0 Å². The number of carbonyl (C=O) groups is 1. The van der Waals surface area contributed by atoms with Gasteiger partial charge >= 0.3 is 0 Å². The van der Waals surface area contributed by atoms with E-state index < -0.39 is 0 Å². The number of hydrogen-bond donors (Lipinski definition) is 2. The maximum absolute atomic E-state index is 12.0. The Morgan fingerprint density at radius 3 is 2.70 bits per heavy atom.